The minimum atomic E-state index is -0.606. The largest absolute Gasteiger partial charge is 0.460 e. The summed E-state index contributed by atoms with van der Waals surface area (Å²) >= 11 is 0. The lowest BCUT2D eigenvalue weighted by molar-refractivity contribution is -0.144. The molecule has 0 bridgehead atoms. The maximum Gasteiger partial charge on any atom is 0.310 e. The zero-order valence-electron chi connectivity index (χ0n) is 16.1. The van der Waals surface area contributed by atoms with Crippen molar-refractivity contribution in [1.82, 2.24) is 5.16 Å². The first-order valence-corrected chi connectivity index (χ1v) is 9.23. The van der Waals surface area contributed by atoms with Crippen molar-refractivity contribution < 1.29 is 27.9 Å². The van der Waals surface area contributed by atoms with Gasteiger partial charge in [-0.25, -0.2) is 4.39 Å². The molecular weight excluding hydrogens is 377 g/mol. The van der Waals surface area contributed by atoms with Crippen LogP contribution in [-0.2, 0) is 33.9 Å². The molecule has 0 radical (unpaired) electrons. The van der Waals surface area contributed by atoms with Crippen molar-refractivity contribution in [3.8, 4) is 5.75 Å². The highest BCUT2D eigenvalue weighted by Gasteiger charge is 2.26. The van der Waals surface area contributed by atoms with Gasteiger partial charge in [0.2, 0.25) is 6.29 Å². The number of carbonyl (C=O) groups is 1. The number of hydrogen-bond acceptors (Lipinski definition) is 6. The molecule has 1 aliphatic heterocycles. The van der Waals surface area contributed by atoms with Gasteiger partial charge in [0, 0.05) is 22.3 Å². The van der Waals surface area contributed by atoms with Crippen LogP contribution in [0.3, 0.4) is 0 Å². The highest BCUT2D eigenvalue weighted by Crippen LogP contribution is 2.36. The second-order valence-electron chi connectivity index (χ2n) is 6.86. The molecule has 1 aliphatic rings. The van der Waals surface area contributed by atoms with Crippen LogP contribution >= 0.6 is 0 Å². The number of aromatic nitrogens is 1. The maximum atomic E-state index is 14.0. The molecule has 3 aromatic rings. The number of nitrogens with zero attached hydrogens (tertiary/aromatic N) is 1. The van der Waals surface area contributed by atoms with Crippen LogP contribution in [0.15, 0.2) is 47.0 Å². The van der Waals surface area contributed by atoms with Crippen LogP contribution in [-0.4, -0.2) is 11.1 Å². The highest BCUT2D eigenvalue weighted by molar-refractivity contribution is 5.73. The standard InChI is InChI=1S/C22H20FNO5/c1-13-19(14(2)29-24-13)10-20(25)26-11-16-8-18(23)9-17-12-27-22(28-21(16)17)15-6-4-3-5-7-15/h3-9,22H,10-12H2,1-2H3. The first kappa shape index (κ1) is 19.1. The van der Waals surface area contributed by atoms with E-state index < -0.39 is 18.1 Å². The highest BCUT2D eigenvalue weighted by atomic mass is 19.1. The van der Waals surface area contributed by atoms with E-state index in [1.165, 1.54) is 12.1 Å². The molecule has 0 amide bonds. The predicted octanol–water partition coefficient (Wildman–Crippen LogP) is 4.32. The Morgan fingerprint density at radius 2 is 2.03 bits per heavy atom. The lowest BCUT2D eigenvalue weighted by atomic mass is 10.1. The van der Waals surface area contributed by atoms with Gasteiger partial charge < -0.3 is 18.7 Å². The number of esters is 1. The fourth-order valence-electron chi connectivity index (χ4n) is 3.27. The normalized spacial score (nSPS) is 15.5. The average Bonchev–Trinajstić information content (AvgIpc) is 3.04. The second kappa shape index (κ2) is 8.05. The molecule has 0 saturated heterocycles. The zero-order valence-corrected chi connectivity index (χ0v) is 16.1. The van der Waals surface area contributed by atoms with E-state index in [1.807, 2.05) is 30.3 Å². The Hall–Kier alpha value is -3.19. The molecule has 0 N–H and O–H groups in total. The van der Waals surface area contributed by atoms with Crippen molar-refractivity contribution in [2.75, 3.05) is 0 Å². The van der Waals surface area contributed by atoms with E-state index in [0.29, 0.717) is 33.9 Å². The quantitative estimate of drug-likeness (QED) is 0.597. The Labute approximate surface area is 167 Å². The van der Waals surface area contributed by atoms with Crippen molar-refractivity contribution in [1.29, 1.82) is 0 Å². The van der Waals surface area contributed by atoms with E-state index in [1.54, 1.807) is 13.8 Å². The molecule has 0 spiro atoms. The van der Waals surface area contributed by atoms with E-state index in [0.717, 1.165) is 5.56 Å². The van der Waals surface area contributed by atoms with Crippen molar-refractivity contribution >= 4 is 5.97 Å². The number of hydrogen-bond donors (Lipinski definition) is 0. The summed E-state index contributed by atoms with van der Waals surface area (Å²) in [4.78, 5) is 12.3. The molecule has 4 rings (SSSR count). The summed E-state index contributed by atoms with van der Waals surface area (Å²) in [7, 11) is 0. The van der Waals surface area contributed by atoms with Crippen LogP contribution in [0.4, 0.5) is 4.39 Å². The molecule has 1 atom stereocenters. The van der Waals surface area contributed by atoms with Gasteiger partial charge in [-0.1, -0.05) is 35.5 Å². The summed E-state index contributed by atoms with van der Waals surface area (Å²) < 4.78 is 36.2. The molecule has 29 heavy (non-hydrogen) atoms. The van der Waals surface area contributed by atoms with Crippen LogP contribution < -0.4 is 4.74 Å². The first-order chi connectivity index (χ1) is 14.0. The number of benzene rings is 2. The van der Waals surface area contributed by atoms with Crippen molar-refractivity contribution in [2.45, 2.75) is 39.8 Å². The number of aryl methyl sites for hydroxylation is 2. The van der Waals surface area contributed by atoms with Crippen LogP contribution in [0.5, 0.6) is 5.75 Å². The van der Waals surface area contributed by atoms with Crippen LogP contribution in [0.2, 0.25) is 0 Å². The molecule has 1 aromatic heterocycles. The van der Waals surface area contributed by atoms with Crippen LogP contribution in [0, 0.1) is 19.7 Å². The van der Waals surface area contributed by atoms with Crippen molar-refractivity contribution in [3.05, 3.63) is 82.0 Å². The average molecular weight is 397 g/mol. The zero-order chi connectivity index (χ0) is 20.4. The minimum absolute atomic E-state index is 0.0370. The Balaban J connectivity index is 1.50. The van der Waals surface area contributed by atoms with Gasteiger partial charge in [0.25, 0.3) is 0 Å². The summed E-state index contributed by atoms with van der Waals surface area (Å²) in [5, 5.41) is 3.83. The summed E-state index contributed by atoms with van der Waals surface area (Å²) in [5.74, 6) is 0.167. The number of halogens is 1. The number of rotatable bonds is 5. The van der Waals surface area contributed by atoms with E-state index >= 15 is 0 Å². The van der Waals surface area contributed by atoms with Crippen LogP contribution in [0.25, 0.3) is 0 Å². The molecule has 7 heteroatoms. The SMILES string of the molecule is Cc1noc(C)c1CC(=O)OCc1cc(F)cc2c1OC(c1ccccc1)OC2. The topological polar surface area (TPSA) is 70.8 Å². The molecule has 2 aromatic carbocycles. The van der Waals surface area contributed by atoms with E-state index in [9.17, 15) is 9.18 Å². The lowest BCUT2D eigenvalue weighted by Crippen LogP contribution is -2.20. The van der Waals surface area contributed by atoms with E-state index in [2.05, 4.69) is 5.16 Å². The molecule has 0 aliphatic carbocycles. The third-order valence-corrected chi connectivity index (χ3v) is 4.79. The molecule has 0 fully saturated rings. The van der Waals surface area contributed by atoms with Gasteiger partial charge in [-0.2, -0.15) is 0 Å². The predicted molar refractivity (Wildman–Crippen MR) is 100 cm³/mol. The summed E-state index contributed by atoms with van der Waals surface area (Å²) in [6.45, 7) is 3.60. The van der Waals surface area contributed by atoms with Gasteiger partial charge in [0.1, 0.15) is 23.9 Å². The van der Waals surface area contributed by atoms with Crippen LogP contribution in [0.1, 0.15) is 40.0 Å². The van der Waals surface area contributed by atoms with Gasteiger partial charge in [-0.15, -0.1) is 0 Å². The van der Waals surface area contributed by atoms with Gasteiger partial charge >= 0.3 is 5.97 Å². The molecule has 2 heterocycles. The van der Waals surface area contributed by atoms with Gasteiger partial charge in [0.15, 0.2) is 0 Å². The molecule has 6 nitrogen and oxygen atoms in total. The minimum Gasteiger partial charge on any atom is -0.460 e. The molecule has 1 unspecified atom stereocenters. The third kappa shape index (κ3) is 4.14. The summed E-state index contributed by atoms with van der Waals surface area (Å²) in [6, 6.07) is 12.1. The monoisotopic (exact) mass is 397 g/mol. The fraction of sp³-hybridized carbons (Fsp3) is 0.273. The Bertz CT molecular complexity index is 1010. The Kier molecular flexibility index (Phi) is 5.31. The Morgan fingerprint density at radius 3 is 2.76 bits per heavy atom. The van der Waals surface area contributed by atoms with E-state index in [-0.39, 0.29) is 19.6 Å². The number of ether oxygens (including phenoxy) is 3. The smallest absolute Gasteiger partial charge is 0.310 e. The summed E-state index contributed by atoms with van der Waals surface area (Å²) in [6.07, 6.45) is -0.569. The Morgan fingerprint density at radius 1 is 1.24 bits per heavy atom. The number of fused-ring (bicyclic) bond motifs is 1. The third-order valence-electron chi connectivity index (χ3n) is 4.79. The van der Waals surface area contributed by atoms with Gasteiger partial charge in [-0.05, 0) is 26.0 Å². The molecule has 150 valence electrons. The maximum absolute atomic E-state index is 14.0. The van der Waals surface area contributed by atoms with Gasteiger partial charge in [-0.3, -0.25) is 4.79 Å². The second-order valence-corrected chi connectivity index (χ2v) is 6.86. The fourth-order valence-corrected chi connectivity index (χ4v) is 3.27. The molecular formula is C22H20FNO5. The van der Waals surface area contributed by atoms with Crippen molar-refractivity contribution in [2.24, 2.45) is 0 Å². The summed E-state index contributed by atoms with van der Waals surface area (Å²) in [5.41, 5.74) is 3.23. The number of carbonyl (C=O) groups excluding carboxylic acids is 1. The lowest BCUT2D eigenvalue weighted by Gasteiger charge is -2.28. The first-order valence-electron chi connectivity index (χ1n) is 9.23. The molecule has 0 saturated carbocycles. The van der Waals surface area contributed by atoms with E-state index in [4.69, 9.17) is 18.7 Å². The van der Waals surface area contributed by atoms with Gasteiger partial charge in [0.05, 0.1) is 18.7 Å². The van der Waals surface area contributed by atoms with Crippen molar-refractivity contribution in [3.63, 3.8) is 0 Å².